The van der Waals surface area contributed by atoms with Gasteiger partial charge in [0.05, 0.1) is 5.57 Å². The van der Waals surface area contributed by atoms with Crippen molar-refractivity contribution < 1.29 is 4.79 Å². The molecular formula is C23H19N5OS. The first-order valence-electron chi connectivity index (χ1n) is 9.68. The lowest BCUT2D eigenvalue weighted by molar-refractivity contribution is -0.114. The summed E-state index contributed by atoms with van der Waals surface area (Å²) in [5, 5.41) is 18.1. The zero-order valence-electron chi connectivity index (χ0n) is 16.5. The molecule has 2 aliphatic rings. The third-order valence-corrected chi connectivity index (χ3v) is 6.26. The number of aliphatic imine (C=N–C) groups is 1. The fourth-order valence-corrected chi connectivity index (χ4v) is 4.35. The Bertz CT molecular complexity index is 1300. The van der Waals surface area contributed by atoms with Gasteiger partial charge in [0.25, 0.3) is 5.91 Å². The minimum absolute atomic E-state index is 0.0550. The molecule has 0 unspecified atom stereocenters. The lowest BCUT2D eigenvalue weighted by Gasteiger charge is -2.20. The third kappa shape index (κ3) is 3.07. The fraction of sp³-hybridized carbons (Fsp3) is 0.130. The van der Waals surface area contributed by atoms with E-state index >= 15 is 0 Å². The Labute approximate surface area is 178 Å². The molecule has 0 bridgehead atoms. The molecule has 2 aromatic carbocycles. The van der Waals surface area contributed by atoms with Crippen molar-refractivity contribution in [2.75, 3.05) is 0 Å². The minimum Gasteiger partial charge on any atom is -0.317 e. The summed E-state index contributed by atoms with van der Waals surface area (Å²) in [7, 11) is 0. The van der Waals surface area contributed by atoms with Gasteiger partial charge in [-0.1, -0.05) is 44.2 Å². The second-order valence-electron chi connectivity index (χ2n) is 7.45. The average Bonchev–Trinajstić information content (AvgIpc) is 3.38. The van der Waals surface area contributed by atoms with Gasteiger partial charge in [-0.3, -0.25) is 10.2 Å². The molecule has 1 aromatic heterocycles. The molecule has 1 N–H and O–H groups in total. The number of hydrogen-bond acceptors (Lipinski definition) is 4. The minimum atomic E-state index is -0.412. The van der Waals surface area contributed by atoms with Crippen LogP contribution in [0.1, 0.15) is 19.5 Å². The van der Waals surface area contributed by atoms with Gasteiger partial charge in [-0.25, -0.2) is 0 Å². The van der Waals surface area contributed by atoms with Crippen LogP contribution in [0.5, 0.6) is 0 Å². The zero-order valence-corrected chi connectivity index (χ0v) is 17.4. The van der Waals surface area contributed by atoms with Gasteiger partial charge in [-0.15, -0.1) is 0 Å². The zero-order chi connectivity index (χ0) is 20.8. The van der Waals surface area contributed by atoms with E-state index < -0.39 is 5.91 Å². The molecular weight excluding hydrogens is 394 g/mol. The molecule has 0 aliphatic carbocycles. The van der Waals surface area contributed by atoms with Crippen molar-refractivity contribution >= 4 is 50.6 Å². The van der Waals surface area contributed by atoms with Gasteiger partial charge in [-0.05, 0) is 52.9 Å². The van der Waals surface area contributed by atoms with Crippen LogP contribution in [0.25, 0.3) is 22.5 Å². The lowest BCUT2D eigenvalue weighted by Crippen LogP contribution is -2.35. The molecule has 2 aliphatic heterocycles. The maximum Gasteiger partial charge on any atom is 0.283 e. The van der Waals surface area contributed by atoms with Gasteiger partial charge in [0.2, 0.25) is 5.17 Å². The SMILES string of the molecule is CC(C)C1=NN2C(=N)/C(=C/c3cccn3-c3ccc4ccccc4c3)C(=O)N=C2S1. The first-order chi connectivity index (χ1) is 14.5. The summed E-state index contributed by atoms with van der Waals surface area (Å²) in [6.45, 7) is 4.06. The first kappa shape index (κ1) is 18.6. The number of nitrogens with zero attached hydrogens (tertiary/aromatic N) is 4. The Balaban J connectivity index is 1.54. The Morgan fingerprint density at radius 3 is 2.67 bits per heavy atom. The highest BCUT2D eigenvalue weighted by Gasteiger charge is 2.36. The summed E-state index contributed by atoms with van der Waals surface area (Å²) in [6, 6.07) is 18.3. The predicted molar refractivity (Wildman–Crippen MR) is 123 cm³/mol. The number of amidine groups is 2. The van der Waals surface area contributed by atoms with Crippen LogP contribution >= 0.6 is 11.8 Å². The van der Waals surface area contributed by atoms with E-state index in [4.69, 9.17) is 5.41 Å². The van der Waals surface area contributed by atoms with Crippen LogP contribution < -0.4 is 0 Å². The molecule has 1 amide bonds. The number of hydrazone groups is 1. The molecule has 0 fully saturated rings. The molecule has 6 nitrogen and oxygen atoms in total. The summed E-state index contributed by atoms with van der Waals surface area (Å²) in [5.74, 6) is -0.145. The number of benzene rings is 2. The Morgan fingerprint density at radius 2 is 1.87 bits per heavy atom. The van der Waals surface area contributed by atoms with E-state index in [0.717, 1.165) is 21.8 Å². The van der Waals surface area contributed by atoms with E-state index in [1.165, 1.54) is 22.2 Å². The molecule has 3 aromatic rings. The van der Waals surface area contributed by atoms with Crippen LogP contribution in [-0.4, -0.2) is 31.5 Å². The second kappa shape index (κ2) is 7.11. The number of aromatic nitrogens is 1. The number of thioether (sulfide) groups is 1. The summed E-state index contributed by atoms with van der Waals surface area (Å²) in [5.41, 5.74) is 2.02. The molecule has 0 atom stereocenters. The summed E-state index contributed by atoms with van der Waals surface area (Å²) >= 11 is 1.35. The highest BCUT2D eigenvalue weighted by molar-refractivity contribution is 8.27. The first-order valence-corrected chi connectivity index (χ1v) is 10.5. The van der Waals surface area contributed by atoms with Gasteiger partial charge in [-0.2, -0.15) is 15.1 Å². The molecule has 0 spiro atoms. The molecule has 148 valence electrons. The molecule has 3 heterocycles. The molecule has 30 heavy (non-hydrogen) atoms. The second-order valence-corrected chi connectivity index (χ2v) is 8.44. The Hall–Kier alpha value is -3.45. The summed E-state index contributed by atoms with van der Waals surface area (Å²) < 4.78 is 2.00. The predicted octanol–water partition coefficient (Wildman–Crippen LogP) is 4.91. The van der Waals surface area contributed by atoms with Crippen LogP contribution in [0.4, 0.5) is 0 Å². The van der Waals surface area contributed by atoms with Crippen LogP contribution in [0, 0.1) is 11.3 Å². The number of amides is 1. The lowest BCUT2D eigenvalue weighted by atomic mass is 10.1. The fourth-order valence-electron chi connectivity index (χ4n) is 3.46. The van der Waals surface area contributed by atoms with E-state index in [0.29, 0.717) is 5.17 Å². The van der Waals surface area contributed by atoms with Gasteiger partial charge in [0.15, 0.2) is 5.84 Å². The maximum atomic E-state index is 12.7. The highest BCUT2D eigenvalue weighted by Crippen LogP contribution is 2.31. The van der Waals surface area contributed by atoms with Crippen molar-refractivity contribution in [1.82, 2.24) is 9.58 Å². The molecule has 5 rings (SSSR count). The average molecular weight is 414 g/mol. The normalized spacial score (nSPS) is 17.7. The van der Waals surface area contributed by atoms with Crippen molar-refractivity contribution in [2.24, 2.45) is 16.0 Å². The van der Waals surface area contributed by atoms with Crippen molar-refractivity contribution in [3.63, 3.8) is 0 Å². The summed E-state index contributed by atoms with van der Waals surface area (Å²) in [4.78, 5) is 16.8. The molecule has 0 radical (unpaired) electrons. The monoisotopic (exact) mass is 413 g/mol. The van der Waals surface area contributed by atoms with Gasteiger partial charge >= 0.3 is 0 Å². The number of carbonyl (C=O) groups is 1. The van der Waals surface area contributed by atoms with Gasteiger partial charge in [0, 0.05) is 23.5 Å². The van der Waals surface area contributed by atoms with Gasteiger partial charge in [0.1, 0.15) is 5.04 Å². The number of carbonyl (C=O) groups excluding carboxylic acids is 1. The van der Waals surface area contributed by atoms with E-state index in [1.54, 1.807) is 6.08 Å². The molecule has 0 saturated heterocycles. The Morgan fingerprint density at radius 1 is 1.07 bits per heavy atom. The number of fused-ring (bicyclic) bond motifs is 2. The van der Waals surface area contributed by atoms with Crippen LogP contribution in [0.2, 0.25) is 0 Å². The number of nitrogens with one attached hydrogen (secondary N) is 1. The standard InChI is InChI=1S/C23H19N5OS/c1-14(2)22-26-28-20(24)19(21(29)25-23(28)30-22)13-17-8-5-11-27(17)18-10-9-15-6-3-4-7-16(15)12-18/h3-14,24H,1-2H3/b19-13-,24-20?. The largest absolute Gasteiger partial charge is 0.317 e. The quantitative estimate of drug-likeness (QED) is 0.620. The number of rotatable bonds is 3. The number of hydrogen-bond donors (Lipinski definition) is 1. The molecule has 0 saturated carbocycles. The van der Waals surface area contributed by atoms with Gasteiger partial charge < -0.3 is 4.57 Å². The van der Waals surface area contributed by atoms with E-state index in [2.05, 4.69) is 34.4 Å². The maximum absolute atomic E-state index is 12.7. The van der Waals surface area contributed by atoms with Crippen molar-refractivity contribution in [1.29, 1.82) is 5.41 Å². The van der Waals surface area contributed by atoms with Crippen molar-refractivity contribution in [2.45, 2.75) is 13.8 Å². The molecule has 7 heteroatoms. The van der Waals surface area contributed by atoms with Crippen LogP contribution in [-0.2, 0) is 4.79 Å². The van der Waals surface area contributed by atoms with Crippen molar-refractivity contribution in [3.05, 3.63) is 72.1 Å². The van der Waals surface area contributed by atoms with Crippen LogP contribution in [0.15, 0.2) is 76.5 Å². The Kier molecular flexibility index (Phi) is 4.40. The highest BCUT2D eigenvalue weighted by atomic mass is 32.2. The van der Waals surface area contributed by atoms with E-state index in [-0.39, 0.29) is 17.3 Å². The van der Waals surface area contributed by atoms with E-state index in [1.807, 2.05) is 54.9 Å². The third-order valence-electron chi connectivity index (χ3n) is 5.05. The topological polar surface area (TPSA) is 73.8 Å². The van der Waals surface area contributed by atoms with E-state index in [9.17, 15) is 4.79 Å². The summed E-state index contributed by atoms with van der Waals surface area (Å²) in [6.07, 6.45) is 3.66. The van der Waals surface area contributed by atoms with Crippen LogP contribution in [0.3, 0.4) is 0 Å². The smallest absolute Gasteiger partial charge is 0.283 e. The van der Waals surface area contributed by atoms with Crippen molar-refractivity contribution in [3.8, 4) is 5.69 Å².